The molecule has 0 bridgehead atoms. The summed E-state index contributed by atoms with van der Waals surface area (Å²) in [5.74, 6) is 0.585. The molecule has 9 aromatic rings. The molecule has 0 aliphatic carbocycles. The number of hydrogen-bond donors (Lipinski definition) is 0. The van der Waals surface area contributed by atoms with E-state index in [9.17, 15) is 0 Å². The lowest BCUT2D eigenvalue weighted by molar-refractivity contribution is 0.669. The van der Waals surface area contributed by atoms with E-state index in [0.717, 1.165) is 83.1 Å². The molecule has 0 saturated heterocycles. The van der Waals surface area contributed by atoms with Gasteiger partial charge in [0.25, 0.3) is 0 Å². The van der Waals surface area contributed by atoms with E-state index in [2.05, 4.69) is 71.7 Å². The Morgan fingerprint density at radius 1 is 0.432 bits per heavy atom. The standard InChI is InChI=1S/C39H23N3O2/c1-3-18-35-27(12-1)29-14-6-16-31(37(29)43-35)34-22-33(25-10-5-9-24(21-25)26-11-8-20-40-23-26)41-39(42-34)32-17-7-15-30-28-13-2-4-19-36(28)44-38(30)32/h1-23H. The molecule has 44 heavy (non-hydrogen) atoms. The number of fused-ring (bicyclic) bond motifs is 6. The molecular formula is C39H23N3O2. The van der Waals surface area contributed by atoms with E-state index in [1.165, 1.54) is 0 Å². The second kappa shape index (κ2) is 9.75. The number of rotatable bonds is 4. The summed E-state index contributed by atoms with van der Waals surface area (Å²) in [6.45, 7) is 0. The Labute approximate surface area is 252 Å². The van der Waals surface area contributed by atoms with Gasteiger partial charge in [-0.05, 0) is 48.0 Å². The van der Waals surface area contributed by atoms with Crippen LogP contribution in [0.25, 0.3) is 88.9 Å². The van der Waals surface area contributed by atoms with Gasteiger partial charge in [-0.1, -0.05) is 84.9 Å². The topological polar surface area (TPSA) is 65.0 Å². The Balaban J connectivity index is 1.31. The van der Waals surface area contributed by atoms with Gasteiger partial charge in [-0.15, -0.1) is 0 Å². The van der Waals surface area contributed by atoms with Gasteiger partial charge in [-0.25, -0.2) is 9.97 Å². The minimum Gasteiger partial charge on any atom is -0.455 e. The van der Waals surface area contributed by atoms with Crippen molar-refractivity contribution in [1.29, 1.82) is 0 Å². The lowest BCUT2D eigenvalue weighted by Gasteiger charge is -2.11. The van der Waals surface area contributed by atoms with E-state index in [4.69, 9.17) is 18.8 Å². The Morgan fingerprint density at radius 2 is 1.02 bits per heavy atom. The molecule has 4 aromatic heterocycles. The van der Waals surface area contributed by atoms with E-state index in [0.29, 0.717) is 5.82 Å². The van der Waals surface area contributed by atoms with Gasteiger partial charge in [-0.2, -0.15) is 0 Å². The second-order valence-corrected chi connectivity index (χ2v) is 10.8. The van der Waals surface area contributed by atoms with Gasteiger partial charge in [-0.3, -0.25) is 4.98 Å². The smallest absolute Gasteiger partial charge is 0.164 e. The Hall–Kier alpha value is -6.07. The molecule has 0 aliphatic rings. The molecule has 5 aromatic carbocycles. The van der Waals surface area contributed by atoms with Crippen molar-refractivity contribution in [3.63, 3.8) is 0 Å². The average molecular weight is 566 g/mol. The highest BCUT2D eigenvalue weighted by Crippen LogP contribution is 2.39. The molecule has 0 aliphatic heterocycles. The summed E-state index contributed by atoms with van der Waals surface area (Å²) in [7, 11) is 0. The molecule has 5 nitrogen and oxygen atoms in total. The quantitative estimate of drug-likeness (QED) is 0.212. The van der Waals surface area contributed by atoms with Gasteiger partial charge in [0.1, 0.15) is 22.3 Å². The zero-order chi connectivity index (χ0) is 29.0. The van der Waals surface area contributed by atoms with Crippen molar-refractivity contribution in [1.82, 2.24) is 15.0 Å². The number of furan rings is 2. The third-order valence-electron chi connectivity index (χ3n) is 8.20. The van der Waals surface area contributed by atoms with Gasteiger partial charge in [0.2, 0.25) is 0 Å². The summed E-state index contributed by atoms with van der Waals surface area (Å²) >= 11 is 0. The van der Waals surface area contributed by atoms with Gasteiger partial charge in [0.05, 0.1) is 17.0 Å². The van der Waals surface area contributed by atoms with Crippen LogP contribution in [0.1, 0.15) is 0 Å². The number of benzene rings is 5. The molecule has 4 heterocycles. The summed E-state index contributed by atoms with van der Waals surface area (Å²) < 4.78 is 12.8. The monoisotopic (exact) mass is 565 g/mol. The fourth-order valence-corrected chi connectivity index (χ4v) is 6.12. The van der Waals surface area contributed by atoms with Crippen molar-refractivity contribution in [2.45, 2.75) is 0 Å². The predicted octanol–water partition coefficient (Wildman–Crippen LogP) is 10.3. The van der Waals surface area contributed by atoms with Crippen LogP contribution in [0.3, 0.4) is 0 Å². The maximum Gasteiger partial charge on any atom is 0.164 e. The molecule has 206 valence electrons. The number of pyridine rings is 1. The van der Waals surface area contributed by atoms with Crippen molar-refractivity contribution in [3.8, 4) is 45.0 Å². The van der Waals surface area contributed by atoms with Gasteiger partial charge in [0, 0.05) is 50.6 Å². The third kappa shape index (κ3) is 3.91. The Kier molecular flexibility index (Phi) is 5.43. The van der Waals surface area contributed by atoms with Gasteiger partial charge in [0.15, 0.2) is 5.82 Å². The van der Waals surface area contributed by atoms with Crippen LogP contribution < -0.4 is 0 Å². The minimum absolute atomic E-state index is 0.585. The molecule has 0 fully saturated rings. The van der Waals surface area contributed by atoms with E-state index >= 15 is 0 Å². The van der Waals surface area contributed by atoms with Crippen molar-refractivity contribution < 1.29 is 8.83 Å². The maximum absolute atomic E-state index is 6.43. The number of aromatic nitrogens is 3. The summed E-state index contributed by atoms with van der Waals surface area (Å²) in [5, 5.41) is 4.23. The molecule has 5 heteroatoms. The first kappa shape index (κ1) is 24.5. The zero-order valence-corrected chi connectivity index (χ0v) is 23.4. The van der Waals surface area contributed by atoms with Crippen LogP contribution in [0.5, 0.6) is 0 Å². The first-order valence-electron chi connectivity index (χ1n) is 14.5. The van der Waals surface area contributed by atoms with Crippen LogP contribution >= 0.6 is 0 Å². The van der Waals surface area contributed by atoms with Crippen molar-refractivity contribution in [2.75, 3.05) is 0 Å². The summed E-state index contributed by atoms with van der Waals surface area (Å²) in [6, 6.07) is 43.0. The molecule has 0 amide bonds. The third-order valence-corrected chi connectivity index (χ3v) is 8.20. The number of hydrogen-bond acceptors (Lipinski definition) is 5. The average Bonchev–Trinajstić information content (AvgIpc) is 3.67. The Morgan fingerprint density at radius 3 is 1.75 bits per heavy atom. The van der Waals surface area contributed by atoms with Crippen LogP contribution in [-0.4, -0.2) is 15.0 Å². The lowest BCUT2D eigenvalue weighted by Crippen LogP contribution is -1.96. The van der Waals surface area contributed by atoms with Crippen LogP contribution in [0.15, 0.2) is 149 Å². The van der Waals surface area contributed by atoms with Crippen LogP contribution in [-0.2, 0) is 0 Å². The Bertz CT molecular complexity index is 2380. The lowest BCUT2D eigenvalue weighted by atomic mass is 10.0. The number of nitrogens with zero attached hydrogens (tertiary/aromatic N) is 3. The fourth-order valence-electron chi connectivity index (χ4n) is 6.12. The normalized spacial score (nSPS) is 11.6. The fraction of sp³-hybridized carbons (Fsp3) is 0. The first-order chi connectivity index (χ1) is 21.8. The highest BCUT2D eigenvalue weighted by atomic mass is 16.3. The highest BCUT2D eigenvalue weighted by molar-refractivity contribution is 6.10. The molecule has 0 spiro atoms. The van der Waals surface area contributed by atoms with Crippen LogP contribution in [0.4, 0.5) is 0 Å². The molecule has 0 unspecified atom stereocenters. The zero-order valence-electron chi connectivity index (χ0n) is 23.4. The largest absolute Gasteiger partial charge is 0.455 e. The molecule has 0 saturated carbocycles. The molecule has 0 atom stereocenters. The van der Waals surface area contributed by atoms with Gasteiger partial charge < -0.3 is 8.83 Å². The summed E-state index contributed by atoms with van der Waals surface area (Å²) in [6.07, 6.45) is 3.66. The SMILES string of the molecule is c1cncc(-c2cccc(-c3cc(-c4cccc5c4oc4ccccc45)nc(-c4cccc5c4oc4ccccc45)n3)c2)c1. The maximum atomic E-state index is 6.43. The first-order valence-corrected chi connectivity index (χ1v) is 14.5. The predicted molar refractivity (Wildman–Crippen MR) is 176 cm³/mol. The summed E-state index contributed by atoms with van der Waals surface area (Å²) in [5.41, 5.74) is 9.66. The summed E-state index contributed by atoms with van der Waals surface area (Å²) in [4.78, 5) is 14.7. The molecular weight excluding hydrogens is 542 g/mol. The number of para-hydroxylation sites is 4. The minimum atomic E-state index is 0.585. The highest BCUT2D eigenvalue weighted by Gasteiger charge is 2.19. The molecule has 0 radical (unpaired) electrons. The van der Waals surface area contributed by atoms with E-state index in [1.807, 2.05) is 66.9 Å². The second-order valence-electron chi connectivity index (χ2n) is 10.8. The van der Waals surface area contributed by atoms with E-state index in [-0.39, 0.29) is 0 Å². The van der Waals surface area contributed by atoms with Crippen molar-refractivity contribution in [3.05, 3.63) is 140 Å². The van der Waals surface area contributed by atoms with Crippen LogP contribution in [0.2, 0.25) is 0 Å². The van der Waals surface area contributed by atoms with Gasteiger partial charge >= 0.3 is 0 Å². The van der Waals surface area contributed by atoms with Crippen molar-refractivity contribution >= 4 is 43.9 Å². The van der Waals surface area contributed by atoms with Crippen molar-refractivity contribution in [2.24, 2.45) is 0 Å². The van der Waals surface area contributed by atoms with E-state index in [1.54, 1.807) is 6.20 Å². The molecule has 0 N–H and O–H groups in total. The molecule has 9 rings (SSSR count). The van der Waals surface area contributed by atoms with E-state index < -0.39 is 0 Å². The van der Waals surface area contributed by atoms with Crippen LogP contribution in [0, 0.1) is 0 Å².